The smallest absolute Gasteiger partial charge is 0.444 e. The fraction of sp³-hybridized carbons (Fsp3) is 0.407. The van der Waals surface area contributed by atoms with Crippen molar-refractivity contribution in [2.45, 2.75) is 65.3 Å². The normalized spacial score (nSPS) is 17.4. The molecule has 3 rings (SSSR count). The summed E-state index contributed by atoms with van der Waals surface area (Å²) in [4.78, 5) is 25.0. The third-order valence-corrected chi connectivity index (χ3v) is 5.95. The highest BCUT2D eigenvalue weighted by atomic mass is 16.7. The SMILES string of the molecule is CC(C)(C)OC(=O)NCC(=Cc1ccc(C(=O)c2ccccc2)cc1)B1OC(C)(C)C(C)(C)O1. The van der Waals surface area contributed by atoms with Crippen LogP contribution in [0.3, 0.4) is 0 Å². The van der Waals surface area contributed by atoms with Gasteiger partial charge < -0.3 is 19.4 Å². The maximum Gasteiger partial charge on any atom is 0.492 e. The van der Waals surface area contributed by atoms with Crippen molar-refractivity contribution >= 4 is 25.1 Å². The lowest BCUT2D eigenvalue weighted by molar-refractivity contribution is 0.00578. The molecule has 0 aliphatic carbocycles. The highest BCUT2D eigenvalue weighted by Crippen LogP contribution is 2.38. The van der Waals surface area contributed by atoms with Gasteiger partial charge in [-0.25, -0.2) is 4.79 Å². The third-order valence-electron chi connectivity index (χ3n) is 5.95. The van der Waals surface area contributed by atoms with E-state index in [4.69, 9.17) is 14.0 Å². The minimum absolute atomic E-state index is 0.0334. The molecule has 0 atom stereocenters. The molecule has 2 aromatic rings. The van der Waals surface area contributed by atoms with Crippen molar-refractivity contribution in [2.24, 2.45) is 0 Å². The van der Waals surface area contributed by atoms with E-state index < -0.39 is 30.0 Å². The lowest BCUT2D eigenvalue weighted by Gasteiger charge is -2.32. The van der Waals surface area contributed by atoms with E-state index >= 15 is 0 Å². The summed E-state index contributed by atoms with van der Waals surface area (Å²) in [7, 11) is -0.634. The molecular formula is C27H34BNO5. The number of alkyl carbamates (subject to hydrolysis) is 1. The predicted molar refractivity (Wildman–Crippen MR) is 135 cm³/mol. The first-order chi connectivity index (χ1) is 15.8. The van der Waals surface area contributed by atoms with E-state index in [1.807, 2.05) is 84.9 Å². The van der Waals surface area contributed by atoms with E-state index in [0.29, 0.717) is 11.1 Å². The fourth-order valence-corrected chi connectivity index (χ4v) is 3.39. The van der Waals surface area contributed by atoms with Crippen LogP contribution in [0.15, 0.2) is 60.1 Å². The molecule has 6 nitrogen and oxygen atoms in total. The van der Waals surface area contributed by atoms with Gasteiger partial charge in [0.2, 0.25) is 0 Å². The van der Waals surface area contributed by atoms with Gasteiger partial charge >= 0.3 is 13.2 Å². The first-order valence-corrected chi connectivity index (χ1v) is 11.5. The summed E-state index contributed by atoms with van der Waals surface area (Å²) in [6.07, 6.45) is 1.40. The number of ether oxygens (including phenoxy) is 1. The molecule has 180 valence electrons. The Balaban J connectivity index is 1.83. The lowest BCUT2D eigenvalue weighted by Crippen LogP contribution is -2.41. The molecular weight excluding hydrogens is 429 g/mol. The molecule has 2 aromatic carbocycles. The largest absolute Gasteiger partial charge is 0.492 e. The first-order valence-electron chi connectivity index (χ1n) is 11.5. The fourth-order valence-electron chi connectivity index (χ4n) is 3.39. The molecule has 1 aliphatic heterocycles. The first kappa shape index (κ1) is 25.7. The Kier molecular flexibility index (Phi) is 7.39. The summed E-state index contributed by atoms with van der Waals surface area (Å²) < 4.78 is 17.8. The molecule has 7 heteroatoms. The number of rotatable bonds is 6. The van der Waals surface area contributed by atoms with E-state index in [1.54, 1.807) is 24.3 Å². The van der Waals surface area contributed by atoms with Crippen LogP contribution in [0.5, 0.6) is 0 Å². The van der Waals surface area contributed by atoms with Crippen LogP contribution >= 0.6 is 0 Å². The molecule has 0 unspecified atom stereocenters. The van der Waals surface area contributed by atoms with Crippen LogP contribution in [0.1, 0.15) is 70.0 Å². The van der Waals surface area contributed by atoms with Gasteiger partial charge in [0.25, 0.3) is 0 Å². The predicted octanol–water partition coefficient (Wildman–Crippen LogP) is 5.46. The summed E-state index contributed by atoms with van der Waals surface area (Å²) in [5, 5.41) is 2.80. The Bertz CT molecular complexity index is 1040. The van der Waals surface area contributed by atoms with Crippen LogP contribution in [0.2, 0.25) is 0 Å². The van der Waals surface area contributed by atoms with Crippen molar-refractivity contribution in [1.82, 2.24) is 5.32 Å². The van der Waals surface area contributed by atoms with Gasteiger partial charge in [-0.1, -0.05) is 60.7 Å². The molecule has 1 saturated heterocycles. The molecule has 1 heterocycles. The van der Waals surface area contributed by atoms with Crippen LogP contribution in [0, 0.1) is 0 Å². The highest BCUT2D eigenvalue weighted by Gasteiger charge is 2.52. The average molecular weight is 463 g/mol. The Morgan fingerprint density at radius 1 is 0.912 bits per heavy atom. The van der Waals surface area contributed by atoms with Gasteiger partial charge in [0.1, 0.15) is 5.60 Å². The van der Waals surface area contributed by atoms with Crippen LogP contribution in [0.25, 0.3) is 6.08 Å². The molecule has 0 bridgehead atoms. The molecule has 0 spiro atoms. The molecule has 0 saturated carbocycles. The third kappa shape index (κ3) is 6.36. The second-order valence-corrected chi connectivity index (χ2v) is 10.5. The molecule has 1 amide bonds. The summed E-state index contributed by atoms with van der Waals surface area (Å²) in [6.45, 7) is 13.6. The summed E-state index contributed by atoms with van der Waals surface area (Å²) in [5.74, 6) is -0.0334. The second-order valence-electron chi connectivity index (χ2n) is 10.5. The average Bonchev–Trinajstić information content (AvgIpc) is 2.97. The minimum Gasteiger partial charge on any atom is -0.444 e. The zero-order valence-electron chi connectivity index (χ0n) is 21.1. The van der Waals surface area contributed by atoms with Gasteiger partial charge in [-0.3, -0.25) is 4.79 Å². The van der Waals surface area contributed by atoms with Gasteiger partial charge in [0, 0.05) is 17.7 Å². The number of benzene rings is 2. The summed E-state index contributed by atoms with van der Waals surface area (Å²) in [5.41, 5.74) is 1.22. The van der Waals surface area contributed by atoms with Crippen molar-refractivity contribution in [3.8, 4) is 0 Å². The van der Waals surface area contributed by atoms with E-state index in [1.165, 1.54) is 0 Å². The number of carbonyl (C=O) groups is 2. The van der Waals surface area contributed by atoms with E-state index in [9.17, 15) is 9.59 Å². The maximum absolute atomic E-state index is 12.7. The van der Waals surface area contributed by atoms with Gasteiger partial charge in [-0.2, -0.15) is 0 Å². The lowest BCUT2D eigenvalue weighted by atomic mass is 9.77. The molecule has 0 aromatic heterocycles. The number of ketones is 1. The highest BCUT2D eigenvalue weighted by molar-refractivity contribution is 6.56. The number of amides is 1. The molecule has 1 N–H and O–H groups in total. The monoisotopic (exact) mass is 463 g/mol. The van der Waals surface area contributed by atoms with E-state index in [-0.39, 0.29) is 12.3 Å². The zero-order valence-corrected chi connectivity index (χ0v) is 21.1. The molecule has 34 heavy (non-hydrogen) atoms. The quantitative estimate of drug-likeness (QED) is 0.455. The van der Waals surface area contributed by atoms with Gasteiger partial charge in [-0.05, 0) is 59.5 Å². The van der Waals surface area contributed by atoms with Crippen molar-refractivity contribution in [3.05, 3.63) is 76.8 Å². The summed E-state index contributed by atoms with van der Waals surface area (Å²) >= 11 is 0. The number of nitrogens with one attached hydrogen (secondary N) is 1. The van der Waals surface area contributed by atoms with E-state index in [0.717, 1.165) is 11.0 Å². The topological polar surface area (TPSA) is 73.9 Å². The van der Waals surface area contributed by atoms with Gasteiger partial charge in [0.15, 0.2) is 5.78 Å². The van der Waals surface area contributed by atoms with Crippen molar-refractivity contribution in [1.29, 1.82) is 0 Å². The Morgan fingerprint density at radius 3 is 1.97 bits per heavy atom. The van der Waals surface area contributed by atoms with Crippen LogP contribution in [-0.4, -0.2) is 42.3 Å². The van der Waals surface area contributed by atoms with Crippen molar-refractivity contribution in [2.75, 3.05) is 6.54 Å². The van der Waals surface area contributed by atoms with E-state index in [2.05, 4.69) is 5.32 Å². The minimum atomic E-state index is -0.634. The van der Waals surface area contributed by atoms with Crippen LogP contribution in [-0.2, 0) is 14.0 Å². The zero-order chi connectivity index (χ0) is 25.1. The Morgan fingerprint density at radius 2 is 1.44 bits per heavy atom. The van der Waals surface area contributed by atoms with Gasteiger partial charge in [-0.15, -0.1) is 0 Å². The summed E-state index contributed by atoms with van der Waals surface area (Å²) in [6, 6.07) is 16.5. The number of carbonyl (C=O) groups excluding carboxylic acids is 2. The Hall–Kier alpha value is -2.90. The van der Waals surface area contributed by atoms with Crippen LogP contribution < -0.4 is 5.32 Å². The molecule has 0 radical (unpaired) electrons. The van der Waals surface area contributed by atoms with Crippen molar-refractivity contribution in [3.63, 3.8) is 0 Å². The second kappa shape index (κ2) is 9.76. The van der Waals surface area contributed by atoms with Crippen molar-refractivity contribution < 1.29 is 23.6 Å². The molecule has 1 aliphatic rings. The Labute approximate surface area is 202 Å². The standard InChI is InChI=1S/C27H34BNO5/c1-25(2,3)32-24(31)29-18-22(28-33-26(4,5)27(6,7)34-28)17-19-13-15-21(16-14-19)23(30)20-11-9-8-10-12-20/h8-17H,18H2,1-7H3,(H,29,31). The van der Waals surface area contributed by atoms with Gasteiger partial charge in [0.05, 0.1) is 11.2 Å². The number of hydrogen-bond acceptors (Lipinski definition) is 5. The maximum atomic E-state index is 12.7. The number of hydrogen-bond donors (Lipinski definition) is 1. The molecule has 1 fully saturated rings. The van der Waals surface area contributed by atoms with Crippen LogP contribution in [0.4, 0.5) is 4.79 Å².